The number of unbranched alkanes of at least 4 members (excludes halogenated alkanes) is 2. The van der Waals surface area contributed by atoms with Crippen LogP contribution in [0, 0.1) is 0 Å². The maximum atomic E-state index is 4.97. The first-order chi connectivity index (χ1) is 15.3. The lowest BCUT2D eigenvalue weighted by atomic mass is 10.1. The predicted molar refractivity (Wildman–Crippen MR) is 131 cm³/mol. The van der Waals surface area contributed by atoms with Crippen LogP contribution in [0.1, 0.15) is 49.5 Å². The van der Waals surface area contributed by atoms with Crippen LogP contribution in [0.2, 0.25) is 0 Å². The van der Waals surface area contributed by atoms with Gasteiger partial charge in [0.05, 0.1) is 16.6 Å². The van der Waals surface area contributed by atoms with Gasteiger partial charge in [-0.05, 0) is 12.8 Å². The van der Waals surface area contributed by atoms with Gasteiger partial charge < -0.3 is 9.55 Å². The number of imidazole rings is 2. The van der Waals surface area contributed by atoms with Gasteiger partial charge in [0, 0.05) is 36.5 Å². The Hall–Kier alpha value is -2.79. The highest BCUT2D eigenvalue weighted by Gasteiger charge is 2.18. The summed E-state index contributed by atoms with van der Waals surface area (Å²) in [6, 6.07) is 20.8. The van der Waals surface area contributed by atoms with E-state index in [9.17, 15) is 0 Å². The smallest absolute Gasteiger partial charge is 0.120 e. The van der Waals surface area contributed by atoms with Crippen LogP contribution >= 0.6 is 12.6 Å². The summed E-state index contributed by atoms with van der Waals surface area (Å²) in [7, 11) is 0. The Morgan fingerprint density at radius 2 is 1.65 bits per heavy atom. The van der Waals surface area contributed by atoms with E-state index in [1.807, 2.05) is 18.3 Å². The van der Waals surface area contributed by atoms with Gasteiger partial charge in [-0.15, -0.1) is 0 Å². The van der Waals surface area contributed by atoms with Crippen molar-refractivity contribution in [2.75, 3.05) is 0 Å². The molecule has 0 saturated heterocycles. The number of benzene rings is 2. The first-order valence-electron chi connectivity index (χ1n) is 11.1. The molecule has 0 aliphatic heterocycles. The average Bonchev–Trinajstić information content (AvgIpc) is 3.47. The molecule has 0 spiro atoms. The molecule has 4 rings (SSSR count). The molecule has 2 heterocycles. The van der Waals surface area contributed by atoms with Crippen LogP contribution in [0.5, 0.6) is 0 Å². The van der Waals surface area contributed by atoms with E-state index in [2.05, 4.69) is 76.2 Å². The third-order valence-corrected chi connectivity index (χ3v) is 6.14. The second kappa shape index (κ2) is 10.5. The molecule has 0 radical (unpaired) electrons. The van der Waals surface area contributed by atoms with Gasteiger partial charge in [0.15, 0.2) is 0 Å². The normalized spacial score (nSPS) is 12.2. The molecule has 0 bridgehead atoms. The summed E-state index contributed by atoms with van der Waals surface area (Å²) in [6.45, 7) is 3.19. The van der Waals surface area contributed by atoms with Gasteiger partial charge in [-0.1, -0.05) is 80.4 Å². The number of H-pyrrole nitrogens is 1. The van der Waals surface area contributed by atoms with Crippen LogP contribution in [0.3, 0.4) is 0 Å². The van der Waals surface area contributed by atoms with E-state index < -0.39 is 0 Å². The summed E-state index contributed by atoms with van der Waals surface area (Å²) in [6.07, 6.45) is 9.43. The van der Waals surface area contributed by atoms with E-state index >= 15 is 0 Å². The summed E-state index contributed by atoms with van der Waals surface area (Å²) in [5.41, 5.74) is 4.32. The van der Waals surface area contributed by atoms with Crippen LogP contribution in [0.4, 0.5) is 0 Å². The van der Waals surface area contributed by atoms with E-state index in [1.54, 1.807) is 0 Å². The molecule has 4 nitrogen and oxygen atoms in total. The Morgan fingerprint density at radius 1 is 0.935 bits per heavy atom. The molecule has 0 fully saturated rings. The number of hydrogen-bond acceptors (Lipinski definition) is 3. The monoisotopic (exact) mass is 430 g/mol. The van der Waals surface area contributed by atoms with Crippen LogP contribution in [-0.2, 0) is 13.0 Å². The highest BCUT2D eigenvalue weighted by Crippen LogP contribution is 2.34. The van der Waals surface area contributed by atoms with Gasteiger partial charge in [0.2, 0.25) is 0 Å². The Bertz CT molecular complexity index is 1010. The zero-order valence-electron chi connectivity index (χ0n) is 18.0. The predicted octanol–water partition coefficient (Wildman–Crippen LogP) is 6.73. The number of nitrogens with one attached hydrogen (secondary N) is 1. The van der Waals surface area contributed by atoms with Gasteiger partial charge in [0.25, 0.3) is 0 Å². The lowest BCUT2D eigenvalue weighted by molar-refractivity contribution is 0.554. The Kier molecular flexibility index (Phi) is 7.26. The van der Waals surface area contributed by atoms with Gasteiger partial charge >= 0.3 is 0 Å². The summed E-state index contributed by atoms with van der Waals surface area (Å²) in [5.74, 6) is 2.12. The van der Waals surface area contributed by atoms with Crippen molar-refractivity contribution in [2.24, 2.45) is 0 Å². The largest absolute Gasteiger partial charge is 0.341 e. The quantitative estimate of drug-likeness (QED) is 0.216. The second-order valence-electron chi connectivity index (χ2n) is 7.83. The number of aryl methyl sites for hydroxylation is 2. The fourth-order valence-corrected chi connectivity index (χ4v) is 4.26. The van der Waals surface area contributed by atoms with E-state index in [1.165, 1.54) is 12.2 Å². The summed E-state index contributed by atoms with van der Waals surface area (Å²) in [4.78, 5) is 12.9. The molecule has 4 aromatic rings. The second-order valence-corrected chi connectivity index (χ2v) is 8.46. The standard InChI is InChI=1S/C26H30N4S/c1-2-23-27-17-19-30(23)18-11-5-10-16-22(31)26-28-24(20-12-6-3-7-13-20)25(29-26)21-14-8-4-9-15-21/h3-4,6-9,12-15,17,19,22,31H,2,5,10-11,16,18H2,1H3,(H,28,29). The molecule has 1 atom stereocenters. The average molecular weight is 431 g/mol. The molecule has 0 saturated carbocycles. The lowest BCUT2D eigenvalue weighted by Gasteiger charge is -2.09. The van der Waals surface area contributed by atoms with Crippen LogP contribution in [0.25, 0.3) is 22.5 Å². The minimum absolute atomic E-state index is 0.0966. The van der Waals surface area contributed by atoms with Crippen molar-refractivity contribution >= 4 is 12.6 Å². The van der Waals surface area contributed by atoms with Gasteiger partial charge in [-0.2, -0.15) is 12.6 Å². The summed E-state index contributed by atoms with van der Waals surface area (Å²) < 4.78 is 2.27. The maximum absolute atomic E-state index is 4.97. The minimum Gasteiger partial charge on any atom is -0.341 e. The number of rotatable bonds is 10. The van der Waals surface area contributed by atoms with E-state index in [0.717, 1.165) is 60.6 Å². The van der Waals surface area contributed by atoms with Crippen molar-refractivity contribution < 1.29 is 0 Å². The van der Waals surface area contributed by atoms with Gasteiger partial charge in [-0.3, -0.25) is 0 Å². The third-order valence-electron chi connectivity index (χ3n) is 5.64. The SMILES string of the molecule is CCc1nccn1CCCCCC(S)c1nc(-c2ccccc2)c(-c2ccccc2)[nH]1. The van der Waals surface area contributed by atoms with Crippen molar-refractivity contribution in [1.82, 2.24) is 19.5 Å². The number of aromatic nitrogens is 4. The highest BCUT2D eigenvalue weighted by molar-refractivity contribution is 7.80. The zero-order chi connectivity index (χ0) is 21.5. The minimum atomic E-state index is 0.0966. The summed E-state index contributed by atoms with van der Waals surface area (Å²) >= 11 is 4.89. The molecular weight excluding hydrogens is 400 g/mol. The fraction of sp³-hybridized carbons (Fsp3) is 0.308. The Morgan fingerprint density at radius 3 is 2.35 bits per heavy atom. The molecule has 5 heteroatoms. The van der Waals surface area contributed by atoms with Crippen molar-refractivity contribution in [3.8, 4) is 22.5 Å². The molecule has 0 aliphatic rings. The van der Waals surface area contributed by atoms with Crippen LogP contribution in [-0.4, -0.2) is 19.5 Å². The Balaban J connectivity index is 1.41. The topological polar surface area (TPSA) is 46.5 Å². The molecule has 1 unspecified atom stereocenters. The van der Waals surface area contributed by atoms with Crippen molar-refractivity contribution in [2.45, 2.75) is 50.8 Å². The van der Waals surface area contributed by atoms with E-state index in [-0.39, 0.29) is 5.25 Å². The zero-order valence-corrected chi connectivity index (χ0v) is 18.9. The first kappa shape index (κ1) is 21.4. The molecule has 2 aromatic heterocycles. The van der Waals surface area contributed by atoms with Gasteiger partial charge in [-0.25, -0.2) is 9.97 Å². The van der Waals surface area contributed by atoms with E-state index in [0.29, 0.717) is 0 Å². The van der Waals surface area contributed by atoms with E-state index in [4.69, 9.17) is 17.6 Å². The number of aromatic amines is 1. The molecule has 1 N–H and O–H groups in total. The fourth-order valence-electron chi connectivity index (χ4n) is 3.96. The van der Waals surface area contributed by atoms with Crippen LogP contribution < -0.4 is 0 Å². The van der Waals surface area contributed by atoms with Crippen molar-refractivity contribution in [3.63, 3.8) is 0 Å². The number of nitrogens with zero attached hydrogens (tertiary/aromatic N) is 3. The van der Waals surface area contributed by atoms with Crippen molar-refractivity contribution in [3.05, 3.63) is 84.7 Å². The van der Waals surface area contributed by atoms with Crippen molar-refractivity contribution in [1.29, 1.82) is 0 Å². The molecule has 0 aliphatic carbocycles. The molecule has 31 heavy (non-hydrogen) atoms. The maximum Gasteiger partial charge on any atom is 0.120 e. The molecule has 160 valence electrons. The lowest BCUT2D eigenvalue weighted by Crippen LogP contribution is -2.02. The number of hydrogen-bond donors (Lipinski definition) is 2. The highest BCUT2D eigenvalue weighted by atomic mass is 32.1. The van der Waals surface area contributed by atoms with Crippen LogP contribution in [0.15, 0.2) is 73.1 Å². The third kappa shape index (κ3) is 5.28. The molecule has 0 amide bonds. The van der Waals surface area contributed by atoms with Gasteiger partial charge in [0.1, 0.15) is 11.6 Å². The summed E-state index contributed by atoms with van der Waals surface area (Å²) in [5, 5.41) is 0.0966. The Labute approximate surface area is 190 Å². The number of thiol groups is 1. The first-order valence-corrected chi connectivity index (χ1v) is 11.7. The molecular formula is C26H30N4S. The molecule has 2 aromatic carbocycles.